The van der Waals surface area contributed by atoms with Gasteiger partial charge in [-0.15, -0.1) is 0 Å². The van der Waals surface area contributed by atoms with E-state index in [0.717, 1.165) is 18.3 Å². The third-order valence-corrected chi connectivity index (χ3v) is 5.34. The lowest BCUT2D eigenvalue weighted by Gasteiger charge is -2.35. The lowest BCUT2D eigenvalue weighted by atomic mass is 9.93. The van der Waals surface area contributed by atoms with E-state index in [1.165, 1.54) is 25.7 Å². The van der Waals surface area contributed by atoms with Gasteiger partial charge < -0.3 is 4.90 Å². The third kappa shape index (κ3) is 1.78. The van der Waals surface area contributed by atoms with E-state index in [1.54, 1.807) is 0 Å². The second-order valence-electron chi connectivity index (χ2n) is 6.80. The molecule has 102 valence electrons. The van der Waals surface area contributed by atoms with Crippen LogP contribution >= 0.6 is 0 Å². The molecule has 1 N–H and O–H groups in total. The zero-order valence-corrected chi connectivity index (χ0v) is 11.9. The molecule has 1 aliphatic heterocycles. The number of carbonyl (C=O) groups is 1. The van der Waals surface area contributed by atoms with Gasteiger partial charge in [-0.25, -0.2) is 0 Å². The maximum Gasteiger partial charge on any atom is 0.241 e. The van der Waals surface area contributed by atoms with E-state index in [9.17, 15) is 4.79 Å². The molecular formula is C15H26N2O. The highest BCUT2D eigenvalue weighted by molar-refractivity contribution is 5.85. The van der Waals surface area contributed by atoms with E-state index in [4.69, 9.17) is 0 Å². The second-order valence-corrected chi connectivity index (χ2v) is 6.80. The summed E-state index contributed by atoms with van der Waals surface area (Å²) in [6.07, 6.45) is 6.71. The molecule has 0 aromatic rings. The molecule has 2 bridgehead atoms. The van der Waals surface area contributed by atoms with E-state index in [1.807, 2.05) is 0 Å². The van der Waals surface area contributed by atoms with Gasteiger partial charge in [0, 0.05) is 6.04 Å². The van der Waals surface area contributed by atoms with Crippen LogP contribution in [0.2, 0.25) is 0 Å². The number of hydrogen-bond donors (Lipinski definition) is 1. The Balaban J connectivity index is 1.79. The molecule has 3 nitrogen and oxygen atoms in total. The molecule has 18 heavy (non-hydrogen) atoms. The monoisotopic (exact) mass is 250 g/mol. The highest BCUT2D eigenvalue weighted by atomic mass is 16.2. The van der Waals surface area contributed by atoms with Gasteiger partial charge in [-0.3, -0.25) is 10.1 Å². The van der Waals surface area contributed by atoms with Gasteiger partial charge >= 0.3 is 0 Å². The summed E-state index contributed by atoms with van der Waals surface area (Å²) in [7, 11) is 0. The van der Waals surface area contributed by atoms with E-state index >= 15 is 0 Å². The maximum absolute atomic E-state index is 12.6. The first kappa shape index (κ1) is 12.5. The minimum Gasteiger partial charge on any atom is -0.323 e. The lowest BCUT2D eigenvalue weighted by Crippen LogP contribution is -2.46. The molecule has 1 amide bonds. The van der Waals surface area contributed by atoms with Crippen molar-refractivity contribution in [2.45, 2.75) is 71.1 Å². The molecular weight excluding hydrogens is 224 g/mol. The Morgan fingerprint density at radius 2 is 2.11 bits per heavy atom. The molecule has 5 unspecified atom stereocenters. The first-order chi connectivity index (χ1) is 8.61. The van der Waals surface area contributed by atoms with Crippen molar-refractivity contribution >= 4 is 5.91 Å². The predicted octanol–water partition coefficient (Wildman–Crippen LogP) is 2.37. The molecule has 0 radical (unpaired) electrons. The van der Waals surface area contributed by atoms with Crippen molar-refractivity contribution in [3.05, 3.63) is 0 Å². The molecule has 0 aromatic heterocycles. The summed E-state index contributed by atoms with van der Waals surface area (Å²) < 4.78 is 0. The van der Waals surface area contributed by atoms with Crippen molar-refractivity contribution in [3.8, 4) is 0 Å². The highest BCUT2D eigenvalue weighted by Gasteiger charge is 2.50. The van der Waals surface area contributed by atoms with Gasteiger partial charge in [0.1, 0.15) is 0 Å². The fourth-order valence-electron chi connectivity index (χ4n) is 4.41. The molecule has 2 saturated carbocycles. The fraction of sp³-hybridized carbons (Fsp3) is 0.933. The molecule has 3 heteroatoms. The van der Waals surface area contributed by atoms with Gasteiger partial charge in [0.05, 0.1) is 12.2 Å². The topological polar surface area (TPSA) is 32.3 Å². The average molecular weight is 250 g/mol. The third-order valence-electron chi connectivity index (χ3n) is 5.34. The molecule has 2 aliphatic carbocycles. The van der Waals surface area contributed by atoms with Gasteiger partial charge in [0.2, 0.25) is 5.91 Å². The van der Waals surface area contributed by atoms with Gasteiger partial charge in [-0.05, 0) is 43.4 Å². The van der Waals surface area contributed by atoms with Gasteiger partial charge in [0.25, 0.3) is 0 Å². The standard InChI is InChI=1S/C15H26N2O/c1-4-13-16-14(9(2)3)15(18)17(13)12-8-10-5-6-11(12)7-10/h9-14,16H,4-8H2,1-3H3. The number of fused-ring (bicyclic) bond motifs is 2. The molecule has 1 heterocycles. The number of amides is 1. The van der Waals surface area contributed by atoms with Crippen LogP contribution < -0.4 is 5.32 Å². The minimum absolute atomic E-state index is 0.0501. The van der Waals surface area contributed by atoms with Crippen LogP contribution in [-0.4, -0.2) is 29.1 Å². The summed E-state index contributed by atoms with van der Waals surface area (Å²) in [5.41, 5.74) is 0. The molecule has 0 aromatic carbocycles. The Kier molecular flexibility index (Phi) is 3.13. The molecule has 3 aliphatic rings. The normalized spacial score (nSPS) is 43.4. The van der Waals surface area contributed by atoms with Crippen LogP contribution in [0.25, 0.3) is 0 Å². The lowest BCUT2D eigenvalue weighted by molar-refractivity contribution is -0.134. The van der Waals surface area contributed by atoms with Crippen LogP contribution in [0, 0.1) is 17.8 Å². The Morgan fingerprint density at radius 3 is 2.61 bits per heavy atom. The zero-order chi connectivity index (χ0) is 12.9. The van der Waals surface area contributed by atoms with E-state index < -0.39 is 0 Å². The Hall–Kier alpha value is -0.570. The van der Waals surface area contributed by atoms with Crippen LogP contribution in [-0.2, 0) is 4.79 Å². The number of nitrogens with zero attached hydrogens (tertiary/aromatic N) is 1. The summed E-state index contributed by atoms with van der Waals surface area (Å²) in [5.74, 6) is 2.47. The van der Waals surface area contributed by atoms with Crippen molar-refractivity contribution in [1.29, 1.82) is 0 Å². The van der Waals surface area contributed by atoms with Crippen LogP contribution in [0.3, 0.4) is 0 Å². The SMILES string of the molecule is CCC1NC(C(C)C)C(=O)N1C1CC2CCC1C2. The van der Waals surface area contributed by atoms with Gasteiger partial charge in [0.15, 0.2) is 0 Å². The van der Waals surface area contributed by atoms with E-state index in [2.05, 4.69) is 31.0 Å². The summed E-state index contributed by atoms with van der Waals surface area (Å²) in [6.45, 7) is 6.48. The molecule has 0 spiro atoms. The first-order valence-electron chi connectivity index (χ1n) is 7.70. The van der Waals surface area contributed by atoms with Crippen LogP contribution in [0.5, 0.6) is 0 Å². The average Bonchev–Trinajstić information content (AvgIpc) is 3.01. The zero-order valence-electron chi connectivity index (χ0n) is 11.9. The van der Waals surface area contributed by atoms with Crippen molar-refractivity contribution in [2.24, 2.45) is 17.8 Å². The quantitative estimate of drug-likeness (QED) is 0.834. The second kappa shape index (κ2) is 4.52. The van der Waals surface area contributed by atoms with Crippen molar-refractivity contribution < 1.29 is 4.79 Å². The number of carbonyl (C=O) groups excluding carboxylic acids is 1. The van der Waals surface area contributed by atoms with Crippen molar-refractivity contribution in [3.63, 3.8) is 0 Å². The number of nitrogens with one attached hydrogen (secondary N) is 1. The van der Waals surface area contributed by atoms with Crippen LogP contribution in [0.15, 0.2) is 0 Å². The Labute approximate surface area is 110 Å². The summed E-state index contributed by atoms with van der Waals surface area (Å²) in [6, 6.07) is 0.589. The van der Waals surface area contributed by atoms with Gasteiger partial charge in [-0.1, -0.05) is 27.2 Å². The van der Waals surface area contributed by atoms with E-state index in [-0.39, 0.29) is 12.2 Å². The minimum atomic E-state index is 0.0501. The van der Waals surface area contributed by atoms with Crippen LogP contribution in [0.4, 0.5) is 0 Å². The Morgan fingerprint density at radius 1 is 1.33 bits per heavy atom. The first-order valence-corrected chi connectivity index (χ1v) is 7.70. The largest absolute Gasteiger partial charge is 0.323 e. The summed E-state index contributed by atoms with van der Waals surface area (Å²) in [5, 5.41) is 3.55. The van der Waals surface area contributed by atoms with Crippen molar-refractivity contribution in [1.82, 2.24) is 10.2 Å². The highest BCUT2D eigenvalue weighted by Crippen LogP contribution is 2.47. The molecule has 5 atom stereocenters. The summed E-state index contributed by atoms with van der Waals surface area (Å²) in [4.78, 5) is 14.9. The smallest absolute Gasteiger partial charge is 0.241 e. The van der Waals surface area contributed by atoms with Crippen molar-refractivity contribution in [2.75, 3.05) is 0 Å². The van der Waals surface area contributed by atoms with Crippen LogP contribution in [0.1, 0.15) is 52.9 Å². The predicted molar refractivity (Wildman–Crippen MR) is 71.9 cm³/mol. The molecule has 1 saturated heterocycles. The Bertz CT molecular complexity index is 341. The number of hydrogen-bond acceptors (Lipinski definition) is 2. The molecule has 3 fully saturated rings. The summed E-state index contributed by atoms with van der Waals surface area (Å²) >= 11 is 0. The van der Waals surface area contributed by atoms with Gasteiger partial charge in [-0.2, -0.15) is 0 Å². The molecule has 3 rings (SSSR count). The van der Waals surface area contributed by atoms with E-state index in [0.29, 0.717) is 17.9 Å². The fourth-order valence-corrected chi connectivity index (χ4v) is 4.41. The maximum atomic E-state index is 12.6. The number of rotatable bonds is 3.